The fraction of sp³-hybridized carbons (Fsp3) is 1.00. The van der Waals surface area contributed by atoms with E-state index in [2.05, 4.69) is 25.7 Å². The van der Waals surface area contributed by atoms with E-state index < -0.39 is 0 Å². The summed E-state index contributed by atoms with van der Waals surface area (Å²) >= 11 is 0. The zero-order valence-corrected chi connectivity index (χ0v) is 10.1. The highest BCUT2D eigenvalue weighted by Crippen LogP contribution is 2.31. The predicted molar refractivity (Wildman–Crippen MR) is 62.3 cm³/mol. The molecule has 1 aliphatic heterocycles. The number of likely N-dealkylation sites (tertiary alicyclic amines) is 1. The second-order valence-corrected chi connectivity index (χ2v) is 5.56. The molecule has 1 saturated heterocycles. The number of hydrogen-bond donors (Lipinski definition) is 1. The van der Waals surface area contributed by atoms with Crippen LogP contribution in [0.3, 0.4) is 0 Å². The van der Waals surface area contributed by atoms with Crippen molar-refractivity contribution in [2.24, 2.45) is 11.1 Å². The van der Waals surface area contributed by atoms with Gasteiger partial charge in [-0.1, -0.05) is 27.2 Å². The average molecular weight is 198 g/mol. The summed E-state index contributed by atoms with van der Waals surface area (Å²) < 4.78 is 0. The van der Waals surface area contributed by atoms with E-state index in [-0.39, 0.29) is 0 Å². The molecule has 0 spiro atoms. The highest BCUT2D eigenvalue weighted by Gasteiger charge is 2.31. The van der Waals surface area contributed by atoms with Gasteiger partial charge >= 0.3 is 0 Å². The number of rotatable bonds is 3. The van der Waals surface area contributed by atoms with Crippen molar-refractivity contribution in [1.82, 2.24) is 4.90 Å². The average Bonchev–Trinajstić information content (AvgIpc) is 2.14. The van der Waals surface area contributed by atoms with Crippen LogP contribution in [0.25, 0.3) is 0 Å². The van der Waals surface area contributed by atoms with Gasteiger partial charge in [-0.2, -0.15) is 0 Å². The summed E-state index contributed by atoms with van der Waals surface area (Å²) in [6.07, 6.45) is 5.29. The number of nitrogens with two attached hydrogens (primary N) is 1. The van der Waals surface area contributed by atoms with Gasteiger partial charge in [0.1, 0.15) is 0 Å². The van der Waals surface area contributed by atoms with E-state index in [0.717, 1.165) is 19.0 Å². The van der Waals surface area contributed by atoms with Gasteiger partial charge in [0, 0.05) is 6.04 Å². The fourth-order valence-corrected chi connectivity index (χ4v) is 2.53. The molecule has 1 atom stereocenters. The highest BCUT2D eigenvalue weighted by atomic mass is 15.2. The maximum atomic E-state index is 5.57. The largest absolute Gasteiger partial charge is 0.330 e. The Morgan fingerprint density at radius 3 is 2.57 bits per heavy atom. The lowest BCUT2D eigenvalue weighted by Crippen LogP contribution is -2.47. The first-order valence-electron chi connectivity index (χ1n) is 6.00. The molecule has 0 aromatic rings. The minimum absolute atomic E-state index is 0.426. The van der Waals surface area contributed by atoms with Gasteiger partial charge in [-0.15, -0.1) is 0 Å². The Labute approximate surface area is 88.8 Å². The van der Waals surface area contributed by atoms with Crippen LogP contribution in [0.15, 0.2) is 0 Å². The molecular formula is C12H26N2. The van der Waals surface area contributed by atoms with Crippen molar-refractivity contribution in [2.75, 3.05) is 19.6 Å². The zero-order chi connectivity index (χ0) is 10.6. The molecule has 2 nitrogen and oxygen atoms in total. The van der Waals surface area contributed by atoms with Crippen molar-refractivity contribution >= 4 is 0 Å². The van der Waals surface area contributed by atoms with Crippen molar-refractivity contribution < 1.29 is 0 Å². The molecule has 1 unspecified atom stereocenters. The van der Waals surface area contributed by atoms with Gasteiger partial charge in [0.15, 0.2) is 0 Å². The molecule has 2 heteroatoms. The van der Waals surface area contributed by atoms with Gasteiger partial charge in [-0.25, -0.2) is 0 Å². The Morgan fingerprint density at radius 2 is 2.00 bits per heavy atom. The van der Waals surface area contributed by atoms with Crippen molar-refractivity contribution in [2.45, 2.75) is 52.5 Å². The van der Waals surface area contributed by atoms with E-state index in [1.54, 1.807) is 0 Å². The van der Waals surface area contributed by atoms with Gasteiger partial charge < -0.3 is 5.73 Å². The predicted octanol–water partition coefficient (Wildman–Crippen LogP) is 2.24. The Balaban J connectivity index is 2.50. The van der Waals surface area contributed by atoms with E-state index in [4.69, 9.17) is 5.73 Å². The van der Waals surface area contributed by atoms with Crippen LogP contribution in [0, 0.1) is 5.41 Å². The second-order valence-electron chi connectivity index (χ2n) is 5.56. The Kier molecular flexibility index (Phi) is 4.39. The molecule has 0 aromatic heterocycles. The Morgan fingerprint density at radius 1 is 1.29 bits per heavy atom. The lowest BCUT2D eigenvalue weighted by Gasteiger charge is -2.43. The second kappa shape index (κ2) is 5.13. The van der Waals surface area contributed by atoms with Crippen molar-refractivity contribution in [3.05, 3.63) is 0 Å². The molecule has 2 N–H and O–H groups in total. The van der Waals surface area contributed by atoms with Crippen LogP contribution in [-0.4, -0.2) is 30.6 Å². The third-order valence-electron chi connectivity index (χ3n) is 3.26. The SMILES string of the molecule is CC(C)(C)C1CCCCN1CCCN. The highest BCUT2D eigenvalue weighted by molar-refractivity contribution is 4.86. The first kappa shape index (κ1) is 12.0. The zero-order valence-electron chi connectivity index (χ0n) is 10.1. The molecule has 14 heavy (non-hydrogen) atoms. The third kappa shape index (κ3) is 3.25. The lowest BCUT2D eigenvalue weighted by atomic mass is 9.80. The molecule has 0 radical (unpaired) electrons. The molecule has 0 bridgehead atoms. The summed E-state index contributed by atoms with van der Waals surface area (Å²) in [6.45, 7) is 10.4. The van der Waals surface area contributed by atoms with E-state index in [1.165, 1.54) is 32.4 Å². The first-order valence-corrected chi connectivity index (χ1v) is 6.00. The van der Waals surface area contributed by atoms with E-state index >= 15 is 0 Å². The van der Waals surface area contributed by atoms with E-state index in [9.17, 15) is 0 Å². The fourth-order valence-electron chi connectivity index (χ4n) is 2.53. The van der Waals surface area contributed by atoms with Gasteiger partial charge in [0.05, 0.1) is 0 Å². The molecule has 0 saturated carbocycles. The van der Waals surface area contributed by atoms with Gasteiger partial charge in [0.2, 0.25) is 0 Å². The molecule has 0 aromatic carbocycles. The summed E-state index contributed by atoms with van der Waals surface area (Å²) in [5.41, 5.74) is 6.00. The maximum Gasteiger partial charge on any atom is 0.0144 e. The molecule has 84 valence electrons. The molecule has 0 amide bonds. The van der Waals surface area contributed by atoms with Gasteiger partial charge in [-0.3, -0.25) is 4.90 Å². The van der Waals surface area contributed by atoms with Crippen molar-refractivity contribution in [3.63, 3.8) is 0 Å². The molecular weight excluding hydrogens is 172 g/mol. The Hall–Kier alpha value is -0.0800. The number of nitrogens with zero attached hydrogens (tertiary/aromatic N) is 1. The maximum absolute atomic E-state index is 5.57. The number of hydrogen-bond acceptors (Lipinski definition) is 2. The third-order valence-corrected chi connectivity index (χ3v) is 3.26. The molecule has 1 rings (SSSR count). The summed E-state index contributed by atoms with van der Waals surface area (Å²) in [4.78, 5) is 2.65. The van der Waals surface area contributed by atoms with Crippen molar-refractivity contribution in [3.8, 4) is 0 Å². The summed E-state index contributed by atoms with van der Waals surface area (Å²) in [7, 11) is 0. The molecule has 1 fully saturated rings. The standard InChI is InChI=1S/C12H26N2/c1-12(2,3)11-7-4-5-9-14(11)10-6-8-13/h11H,4-10,13H2,1-3H3. The normalized spacial score (nSPS) is 25.3. The van der Waals surface area contributed by atoms with Crippen LogP contribution >= 0.6 is 0 Å². The van der Waals surface area contributed by atoms with Crippen LogP contribution in [-0.2, 0) is 0 Å². The quantitative estimate of drug-likeness (QED) is 0.753. The van der Waals surface area contributed by atoms with Crippen LogP contribution in [0.1, 0.15) is 46.5 Å². The first-order chi connectivity index (χ1) is 6.55. The van der Waals surface area contributed by atoms with Crippen LogP contribution in [0.5, 0.6) is 0 Å². The summed E-state index contributed by atoms with van der Waals surface area (Å²) in [5.74, 6) is 0. The smallest absolute Gasteiger partial charge is 0.0144 e. The van der Waals surface area contributed by atoms with Crippen LogP contribution in [0.4, 0.5) is 0 Å². The van der Waals surface area contributed by atoms with Crippen molar-refractivity contribution in [1.29, 1.82) is 0 Å². The van der Waals surface area contributed by atoms with Crippen LogP contribution in [0.2, 0.25) is 0 Å². The summed E-state index contributed by atoms with van der Waals surface area (Å²) in [6, 6.07) is 0.766. The number of piperidine rings is 1. The minimum atomic E-state index is 0.426. The molecule has 1 heterocycles. The molecule has 0 aliphatic carbocycles. The monoisotopic (exact) mass is 198 g/mol. The topological polar surface area (TPSA) is 29.3 Å². The minimum Gasteiger partial charge on any atom is -0.330 e. The lowest BCUT2D eigenvalue weighted by molar-refractivity contribution is 0.0635. The van der Waals surface area contributed by atoms with E-state index in [0.29, 0.717) is 5.41 Å². The summed E-state index contributed by atoms with van der Waals surface area (Å²) in [5, 5.41) is 0. The van der Waals surface area contributed by atoms with Gasteiger partial charge in [0.25, 0.3) is 0 Å². The molecule has 1 aliphatic rings. The Bertz CT molecular complexity index is 160. The van der Waals surface area contributed by atoms with Crippen LogP contribution < -0.4 is 5.73 Å². The van der Waals surface area contributed by atoms with Gasteiger partial charge in [-0.05, 0) is 44.3 Å². The van der Waals surface area contributed by atoms with E-state index in [1.807, 2.05) is 0 Å².